The Morgan fingerprint density at radius 2 is 2.14 bits per heavy atom. The van der Waals surface area contributed by atoms with E-state index in [0.29, 0.717) is 5.13 Å². The van der Waals surface area contributed by atoms with Crippen LogP contribution in [0.3, 0.4) is 0 Å². The fourth-order valence-corrected chi connectivity index (χ4v) is 2.34. The highest BCUT2D eigenvalue weighted by molar-refractivity contribution is 7.19. The first-order valence-electron chi connectivity index (χ1n) is 4.34. The highest BCUT2D eigenvalue weighted by atomic mass is 32.1. The van der Waals surface area contributed by atoms with Crippen molar-refractivity contribution in [1.82, 2.24) is 4.98 Å². The Hall–Kier alpha value is -1.37. The lowest BCUT2D eigenvalue weighted by Crippen LogP contribution is -2.17. The molecule has 2 N–H and O–H groups in total. The van der Waals surface area contributed by atoms with E-state index in [4.69, 9.17) is 5.73 Å². The maximum Gasteiger partial charge on any atom is 0.369 e. The Bertz CT molecular complexity index is 359. The third-order valence-corrected chi connectivity index (χ3v) is 3.25. The van der Waals surface area contributed by atoms with Gasteiger partial charge in [-0.2, -0.15) is 4.98 Å². The van der Waals surface area contributed by atoms with Crippen molar-refractivity contribution in [2.45, 2.75) is 12.8 Å². The predicted molar refractivity (Wildman–Crippen MR) is 54.6 cm³/mol. The van der Waals surface area contributed by atoms with E-state index < -0.39 is 4.92 Å². The second-order valence-corrected chi connectivity index (χ2v) is 4.09. The van der Waals surface area contributed by atoms with Crippen LogP contribution in [0.5, 0.6) is 0 Å². The largest absolute Gasteiger partial charge is 0.377 e. The van der Waals surface area contributed by atoms with Crippen LogP contribution in [0.2, 0.25) is 0 Å². The van der Waals surface area contributed by atoms with Gasteiger partial charge < -0.3 is 10.6 Å². The van der Waals surface area contributed by atoms with Crippen molar-refractivity contribution in [3.05, 3.63) is 10.1 Å². The van der Waals surface area contributed by atoms with Gasteiger partial charge in [-0.25, -0.2) is 0 Å². The molecule has 2 heterocycles. The zero-order valence-corrected chi connectivity index (χ0v) is 8.29. The Labute approximate surface area is 84.5 Å². The molecule has 0 unspecified atom stereocenters. The number of nitrogens with two attached hydrogens (primary N) is 1. The Balaban J connectivity index is 2.27. The topological polar surface area (TPSA) is 85.3 Å². The van der Waals surface area contributed by atoms with Gasteiger partial charge in [0.2, 0.25) is 5.82 Å². The predicted octanol–water partition coefficient (Wildman–Crippen LogP) is 1.23. The van der Waals surface area contributed by atoms with Crippen LogP contribution in [0, 0.1) is 10.1 Å². The van der Waals surface area contributed by atoms with Gasteiger partial charge >= 0.3 is 5.00 Å². The minimum atomic E-state index is -0.480. The molecule has 0 amide bonds. The fraction of sp³-hybridized carbons (Fsp3) is 0.571. The fourth-order valence-electron chi connectivity index (χ4n) is 1.49. The summed E-state index contributed by atoms with van der Waals surface area (Å²) >= 11 is 1.06. The van der Waals surface area contributed by atoms with E-state index >= 15 is 0 Å². The summed E-state index contributed by atoms with van der Waals surface area (Å²) in [6, 6.07) is 0. The van der Waals surface area contributed by atoms with E-state index in [1.807, 2.05) is 4.90 Å². The molecule has 1 aliphatic heterocycles. The van der Waals surface area contributed by atoms with E-state index in [-0.39, 0.29) is 10.8 Å². The number of nitrogens with zero attached hydrogens (tertiary/aromatic N) is 3. The van der Waals surface area contributed by atoms with E-state index in [1.54, 1.807) is 0 Å². The molecular formula is C7H10N4O2S. The lowest BCUT2D eigenvalue weighted by molar-refractivity contribution is -0.379. The molecule has 1 saturated heterocycles. The quantitative estimate of drug-likeness (QED) is 0.591. The summed E-state index contributed by atoms with van der Waals surface area (Å²) in [6.45, 7) is 1.84. The molecule has 0 radical (unpaired) electrons. The monoisotopic (exact) mass is 214 g/mol. The Morgan fingerprint density at radius 1 is 1.50 bits per heavy atom. The number of hydrogen-bond donors (Lipinski definition) is 1. The molecule has 0 spiro atoms. The second-order valence-electron chi connectivity index (χ2n) is 3.14. The summed E-state index contributed by atoms with van der Waals surface area (Å²) in [4.78, 5) is 16.1. The summed E-state index contributed by atoms with van der Waals surface area (Å²) in [5.41, 5.74) is 5.44. The van der Waals surface area contributed by atoms with Crippen LogP contribution in [0.1, 0.15) is 12.8 Å². The summed E-state index contributed by atoms with van der Waals surface area (Å²) in [5.74, 6) is 0.0295. The van der Waals surface area contributed by atoms with Crippen LogP contribution < -0.4 is 10.6 Å². The lowest BCUT2D eigenvalue weighted by atomic mass is 10.4. The molecular weight excluding hydrogens is 204 g/mol. The maximum absolute atomic E-state index is 10.5. The molecule has 0 atom stereocenters. The van der Waals surface area contributed by atoms with Crippen LogP contribution in [-0.2, 0) is 0 Å². The van der Waals surface area contributed by atoms with Gasteiger partial charge in [-0.1, -0.05) is 0 Å². The Morgan fingerprint density at radius 3 is 2.64 bits per heavy atom. The van der Waals surface area contributed by atoms with Crippen molar-refractivity contribution < 1.29 is 4.92 Å². The first-order chi connectivity index (χ1) is 6.68. The van der Waals surface area contributed by atoms with Crippen LogP contribution in [0.15, 0.2) is 0 Å². The number of aromatic nitrogens is 1. The molecule has 1 aliphatic rings. The van der Waals surface area contributed by atoms with Gasteiger partial charge in [0.1, 0.15) is 0 Å². The molecule has 0 aliphatic carbocycles. The molecule has 0 aromatic carbocycles. The first-order valence-corrected chi connectivity index (χ1v) is 5.16. The summed E-state index contributed by atoms with van der Waals surface area (Å²) < 4.78 is 0. The van der Waals surface area contributed by atoms with Gasteiger partial charge in [-0.05, 0) is 24.2 Å². The van der Waals surface area contributed by atoms with Crippen molar-refractivity contribution in [1.29, 1.82) is 0 Å². The third kappa shape index (κ3) is 1.50. The van der Waals surface area contributed by atoms with E-state index in [1.165, 1.54) is 0 Å². The Kier molecular flexibility index (Phi) is 2.24. The minimum Gasteiger partial charge on any atom is -0.377 e. The van der Waals surface area contributed by atoms with Crippen LogP contribution in [-0.4, -0.2) is 23.0 Å². The normalized spacial score (nSPS) is 16.1. The van der Waals surface area contributed by atoms with Crippen LogP contribution in [0.4, 0.5) is 16.0 Å². The summed E-state index contributed by atoms with van der Waals surface area (Å²) in [7, 11) is 0. The van der Waals surface area contributed by atoms with Crippen molar-refractivity contribution in [2.75, 3.05) is 23.7 Å². The number of nitro groups is 1. The standard InChI is InChI=1S/C7H10N4O2S/c8-5-6(11(12)13)14-7(9-5)10-3-1-2-4-10/h1-4,8H2. The van der Waals surface area contributed by atoms with E-state index in [9.17, 15) is 10.1 Å². The number of thiazole rings is 1. The third-order valence-electron chi connectivity index (χ3n) is 2.17. The highest BCUT2D eigenvalue weighted by Crippen LogP contribution is 2.35. The zero-order chi connectivity index (χ0) is 10.1. The molecule has 0 saturated carbocycles. The number of anilines is 2. The average Bonchev–Trinajstić information content (AvgIpc) is 2.70. The van der Waals surface area contributed by atoms with Crippen molar-refractivity contribution >= 4 is 27.3 Å². The van der Waals surface area contributed by atoms with Crippen molar-refractivity contribution in [3.8, 4) is 0 Å². The number of nitrogen functional groups attached to an aromatic ring is 1. The second kappa shape index (κ2) is 3.41. The van der Waals surface area contributed by atoms with Gasteiger partial charge in [0.25, 0.3) is 0 Å². The molecule has 1 fully saturated rings. The van der Waals surface area contributed by atoms with Crippen molar-refractivity contribution in [2.24, 2.45) is 0 Å². The van der Waals surface area contributed by atoms with Crippen molar-refractivity contribution in [3.63, 3.8) is 0 Å². The average molecular weight is 214 g/mol. The zero-order valence-electron chi connectivity index (χ0n) is 7.47. The summed E-state index contributed by atoms with van der Waals surface area (Å²) in [5, 5.41) is 11.2. The van der Waals surface area contributed by atoms with Gasteiger partial charge in [-0.15, -0.1) is 0 Å². The van der Waals surface area contributed by atoms with Gasteiger partial charge in [0, 0.05) is 13.1 Å². The van der Waals surface area contributed by atoms with E-state index in [2.05, 4.69) is 4.98 Å². The van der Waals surface area contributed by atoms with Gasteiger partial charge in [-0.3, -0.25) is 10.1 Å². The number of rotatable bonds is 2. The van der Waals surface area contributed by atoms with Gasteiger partial charge in [0.15, 0.2) is 5.13 Å². The SMILES string of the molecule is Nc1nc(N2CCCC2)sc1[N+](=O)[O-]. The summed E-state index contributed by atoms with van der Waals surface area (Å²) in [6.07, 6.45) is 2.24. The number of hydrogen-bond acceptors (Lipinski definition) is 6. The molecule has 1 aromatic heterocycles. The van der Waals surface area contributed by atoms with E-state index in [0.717, 1.165) is 37.3 Å². The molecule has 76 valence electrons. The minimum absolute atomic E-state index is 0.0295. The molecule has 2 rings (SSSR count). The molecule has 6 nitrogen and oxygen atoms in total. The maximum atomic E-state index is 10.5. The first kappa shape index (κ1) is 9.20. The van der Waals surface area contributed by atoms with Crippen LogP contribution in [0.25, 0.3) is 0 Å². The van der Waals surface area contributed by atoms with Gasteiger partial charge in [0.05, 0.1) is 4.92 Å². The van der Waals surface area contributed by atoms with Crippen LogP contribution >= 0.6 is 11.3 Å². The highest BCUT2D eigenvalue weighted by Gasteiger charge is 2.23. The lowest BCUT2D eigenvalue weighted by Gasteiger charge is -2.11. The molecule has 14 heavy (non-hydrogen) atoms. The molecule has 7 heteroatoms. The molecule has 0 bridgehead atoms. The smallest absolute Gasteiger partial charge is 0.369 e. The molecule has 1 aromatic rings.